The lowest BCUT2D eigenvalue weighted by molar-refractivity contribution is -0.118. The lowest BCUT2D eigenvalue weighted by Crippen LogP contribution is -2.26. The van der Waals surface area contributed by atoms with E-state index in [1.807, 2.05) is 62.4 Å². The first-order valence-corrected chi connectivity index (χ1v) is 13.9. The van der Waals surface area contributed by atoms with Crippen LogP contribution in [0.15, 0.2) is 66.7 Å². The Hall–Kier alpha value is -4.13. The molecule has 0 radical (unpaired) electrons. The van der Waals surface area contributed by atoms with E-state index in [0.717, 1.165) is 58.5 Å². The van der Waals surface area contributed by atoms with Crippen LogP contribution < -0.4 is 10.1 Å². The number of aryl methyl sites for hydroxylation is 1. The molecule has 0 aliphatic heterocycles. The fourth-order valence-corrected chi connectivity index (χ4v) is 4.37. The van der Waals surface area contributed by atoms with E-state index in [9.17, 15) is 9.59 Å². The topological polar surface area (TPSA) is 82.5 Å². The van der Waals surface area contributed by atoms with Gasteiger partial charge in [0.05, 0.1) is 11.0 Å². The molecule has 0 bridgehead atoms. The number of unbranched alkanes of at least 4 members (excludes halogenated alkanes) is 1. The van der Waals surface area contributed by atoms with Crippen LogP contribution in [0.4, 0.5) is 10.5 Å². The van der Waals surface area contributed by atoms with Gasteiger partial charge in [0.25, 0.3) is 0 Å². The van der Waals surface area contributed by atoms with Gasteiger partial charge in [-0.3, -0.25) is 4.79 Å². The molecule has 1 aromatic heterocycles. The molecule has 1 amide bonds. The molecule has 40 heavy (non-hydrogen) atoms. The van der Waals surface area contributed by atoms with Crippen LogP contribution in [-0.2, 0) is 22.5 Å². The van der Waals surface area contributed by atoms with Gasteiger partial charge in [-0.15, -0.1) is 0 Å². The second kappa shape index (κ2) is 12.4. The molecule has 3 aromatic carbocycles. The normalized spacial score (nSPS) is 11.6. The van der Waals surface area contributed by atoms with Crippen LogP contribution in [0, 0.1) is 5.92 Å². The highest BCUT2D eigenvalue weighted by atomic mass is 16.7. The average Bonchev–Trinajstić information content (AvgIpc) is 3.23. The predicted octanol–water partition coefficient (Wildman–Crippen LogP) is 8.00. The fraction of sp³-hybridized carbons (Fsp3) is 0.364. The van der Waals surface area contributed by atoms with E-state index < -0.39 is 11.8 Å². The molecule has 0 saturated heterocycles. The number of amides is 1. The molecular weight excluding hydrogens is 502 g/mol. The van der Waals surface area contributed by atoms with Crippen LogP contribution in [0.1, 0.15) is 65.8 Å². The second-order valence-corrected chi connectivity index (χ2v) is 11.3. The van der Waals surface area contributed by atoms with Crippen LogP contribution in [0.3, 0.4) is 0 Å². The van der Waals surface area contributed by atoms with Gasteiger partial charge in [-0.25, -0.2) is 9.78 Å². The fourth-order valence-electron chi connectivity index (χ4n) is 4.37. The van der Waals surface area contributed by atoms with Crippen LogP contribution >= 0.6 is 0 Å². The van der Waals surface area contributed by atoms with E-state index in [1.165, 1.54) is 0 Å². The molecule has 7 heteroatoms. The van der Waals surface area contributed by atoms with Crippen molar-refractivity contribution in [1.82, 2.24) is 9.55 Å². The quantitative estimate of drug-likeness (QED) is 0.171. The maximum absolute atomic E-state index is 12.3. The number of fused-ring (bicyclic) bond motifs is 1. The van der Waals surface area contributed by atoms with Crippen molar-refractivity contribution in [3.63, 3.8) is 0 Å². The Balaban J connectivity index is 1.61. The number of rotatable bonds is 9. The highest BCUT2D eigenvalue weighted by Crippen LogP contribution is 2.31. The Kier molecular flexibility index (Phi) is 8.93. The molecule has 0 saturated carbocycles. The number of hydrogen-bond acceptors (Lipinski definition) is 5. The SMILES string of the molecule is CCCCc1nc2ccc(NC(=O)C(C)C)cc2n1Cc1ccc(-c2ccccc2OC(=O)OC(C)(C)C)cc1. The van der Waals surface area contributed by atoms with Crippen molar-refractivity contribution >= 4 is 28.8 Å². The van der Waals surface area contributed by atoms with Crippen LogP contribution in [-0.4, -0.2) is 27.2 Å². The van der Waals surface area contributed by atoms with Gasteiger partial charge in [0, 0.05) is 30.1 Å². The molecule has 0 aliphatic carbocycles. The third-order valence-electron chi connectivity index (χ3n) is 6.45. The Morgan fingerprint density at radius 2 is 1.73 bits per heavy atom. The summed E-state index contributed by atoms with van der Waals surface area (Å²) in [6.45, 7) is 12.0. The monoisotopic (exact) mass is 541 g/mol. The zero-order valence-electron chi connectivity index (χ0n) is 24.3. The molecule has 4 rings (SSSR count). The zero-order chi connectivity index (χ0) is 28.9. The maximum atomic E-state index is 12.3. The number of carbonyl (C=O) groups excluding carboxylic acids is 2. The van der Waals surface area contributed by atoms with Gasteiger partial charge in [-0.2, -0.15) is 0 Å². The first kappa shape index (κ1) is 28.9. The third-order valence-corrected chi connectivity index (χ3v) is 6.45. The first-order valence-electron chi connectivity index (χ1n) is 13.9. The summed E-state index contributed by atoms with van der Waals surface area (Å²) in [5.74, 6) is 1.37. The molecule has 0 spiro atoms. The van der Waals surface area contributed by atoms with Gasteiger partial charge in [0.1, 0.15) is 17.2 Å². The number of nitrogens with one attached hydrogen (secondary N) is 1. The Labute approximate surface area is 236 Å². The van der Waals surface area contributed by atoms with E-state index in [-0.39, 0.29) is 11.8 Å². The number of nitrogens with zero attached hydrogens (tertiary/aromatic N) is 2. The minimum Gasteiger partial charge on any atom is -0.428 e. The summed E-state index contributed by atoms with van der Waals surface area (Å²) in [5.41, 5.74) is 4.90. The molecule has 0 unspecified atom stereocenters. The number of carbonyl (C=O) groups is 2. The van der Waals surface area contributed by atoms with Gasteiger partial charge in [-0.1, -0.05) is 69.7 Å². The molecule has 210 valence electrons. The smallest absolute Gasteiger partial charge is 0.428 e. The largest absolute Gasteiger partial charge is 0.514 e. The van der Waals surface area contributed by atoms with Gasteiger partial charge in [-0.05, 0) is 62.6 Å². The lowest BCUT2D eigenvalue weighted by atomic mass is 10.0. The number of benzene rings is 3. The number of anilines is 1. The van der Waals surface area contributed by atoms with Gasteiger partial charge >= 0.3 is 6.16 Å². The Bertz CT molecular complexity index is 1480. The summed E-state index contributed by atoms with van der Waals surface area (Å²) in [6, 6.07) is 21.6. The highest BCUT2D eigenvalue weighted by molar-refractivity contribution is 5.94. The zero-order valence-corrected chi connectivity index (χ0v) is 24.3. The van der Waals surface area contributed by atoms with Crippen molar-refractivity contribution in [3.8, 4) is 16.9 Å². The summed E-state index contributed by atoms with van der Waals surface area (Å²) >= 11 is 0. The molecule has 1 N–H and O–H groups in total. The summed E-state index contributed by atoms with van der Waals surface area (Å²) in [5, 5.41) is 3.01. The number of imidazole rings is 1. The molecule has 1 heterocycles. The van der Waals surface area contributed by atoms with E-state index in [0.29, 0.717) is 12.3 Å². The maximum Gasteiger partial charge on any atom is 0.514 e. The van der Waals surface area contributed by atoms with Gasteiger partial charge in [0.2, 0.25) is 5.91 Å². The second-order valence-electron chi connectivity index (χ2n) is 11.3. The average molecular weight is 542 g/mol. The molecular formula is C33H39N3O4. The predicted molar refractivity (Wildman–Crippen MR) is 160 cm³/mol. The minimum atomic E-state index is -0.730. The van der Waals surface area contributed by atoms with E-state index in [2.05, 4.69) is 28.9 Å². The van der Waals surface area contributed by atoms with Crippen LogP contribution in [0.5, 0.6) is 5.75 Å². The standard InChI is InChI=1S/C33H39N3O4/c1-7-8-13-30-35-27-19-18-25(34-31(37)22(2)3)20-28(27)36(30)21-23-14-16-24(17-15-23)26-11-9-10-12-29(26)39-32(38)40-33(4,5)6/h9-12,14-20,22H,7-8,13,21H2,1-6H3,(H,34,37). The molecule has 0 fully saturated rings. The van der Waals surface area contributed by atoms with Crippen molar-refractivity contribution in [2.24, 2.45) is 5.92 Å². The van der Waals surface area contributed by atoms with Crippen LogP contribution in [0.25, 0.3) is 22.2 Å². The van der Waals surface area contributed by atoms with Gasteiger partial charge in [0.15, 0.2) is 0 Å². The summed E-state index contributed by atoms with van der Waals surface area (Å²) < 4.78 is 13.1. The lowest BCUT2D eigenvalue weighted by Gasteiger charge is -2.19. The summed E-state index contributed by atoms with van der Waals surface area (Å²) in [7, 11) is 0. The van der Waals surface area contributed by atoms with Crippen molar-refractivity contribution in [2.75, 3.05) is 5.32 Å². The molecule has 4 aromatic rings. The van der Waals surface area contributed by atoms with Crippen LogP contribution in [0.2, 0.25) is 0 Å². The van der Waals surface area contributed by atoms with E-state index >= 15 is 0 Å². The van der Waals surface area contributed by atoms with Crippen molar-refractivity contribution in [2.45, 2.75) is 73.0 Å². The van der Waals surface area contributed by atoms with E-state index in [4.69, 9.17) is 14.5 Å². The molecule has 0 aliphatic rings. The van der Waals surface area contributed by atoms with Crippen molar-refractivity contribution in [1.29, 1.82) is 0 Å². The summed E-state index contributed by atoms with van der Waals surface area (Å²) in [6.07, 6.45) is 2.28. The van der Waals surface area contributed by atoms with Crippen molar-refractivity contribution in [3.05, 3.63) is 78.1 Å². The third kappa shape index (κ3) is 7.29. The summed E-state index contributed by atoms with van der Waals surface area (Å²) in [4.78, 5) is 29.5. The minimum absolute atomic E-state index is 0.0110. The van der Waals surface area contributed by atoms with E-state index in [1.54, 1.807) is 26.8 Å². The highest BCUT2D eigenvalue weighted by Gasteiger charge is 2.20. The Morgan fingerprint density at radius 3 is 2.40 bits per heavy atom. The first-order chi connectivity index (χ1) is 19.0. The number of hydrogen-bond donors (Lipinski definition) is 1. The number of ether oxygens (including phenoxy) is 2. The van der Waals surface area contributed by atoms with Crippen molar-refractivity contribution < 1.29 is 19.1 Å². The molecule has 7 nitrogen and oxygen atoms in total. The number of para-hydroxylation sites is 1. The number of aromatic nitrogens is 2. The molecule has 0 atom stereocenters. The Morgan fingerprint density at radius 1 is 1.00 bits per heavy atom. The van der Waals surface area contributed by atoms with Gasteiger partial charge < -0.3 is 19.4 Å².